The Morgan fingerprint density at radius 3 is 1.54 bits per heavy atom. The van der Waals surface area contributed by atoms with Crippen LogP contribution in [0.4, 0.5) is 0 Å². The van der Waals surface area contributed by atoms with Gasteiger partial charge in [0.1, 0.15) is 0 Å². The van der Waals surface area contributed by atoms with Gasteiger partial charge in [0.25, 0.3) is 0 Å². The summed E-state index contributed by atoms with van der Waals surface area (Å²) in [5.74, 6) is 1.42. The Morgan fingerprint density at radius 1 is 0.339 bits per heavy atom. The van der Waals surface area contributed by atoms with E-state index in [0.29, 0.717) is 11.6 Å². The molecule has 0 radical (unpaired) electrons. The Hall–Kier alpha value is -6.28. The number of hydrogen-bond acceptors (Lipinski definition) is 4. The van der Waals surface area contributed by atoms with E-state index in [1.54, 1.807) is 0 Å². The number of thiophene rings is 1. The molecule has 3 nitrogen and oxygen atoms in total. The topological polar surface area (TPSA) is 38.7 Å². The molecule has 1 aliphatic rings. The van der Waals surface area contributed by atoms with Crippen LogP contribution in [0.2, 0.25) is 0 Å². The summed E-state index contributed by atoms with van der Waals surface area (Å²) in [5, 5.41) is 2.61. The summed E-state index contributed by atoms with van der Waals surface area (Å²) in [6.45, 7) is 0. The summed E-state index contributed by atoms with van der Waals surface area (Å²) < 4.78 is 6.32. The van der Waals surface area contributed by atoms with E-state index in [9.17, 15) is 0 Å². The van der Waals surface area contributed by atoms with E-state index >= 15 is 0 Å². The Balaban J connectivity index is 0.953. The fourth-order valence-electron chi connectivity index (χ4n) is 7.77. The van der Waals surface area contributed by atoms with Crippen molar-refractivity contribution in [2.75, 3.05) is 0 Å². The first-order valence-corrected chi connectivity index (χ1v) is 22.7. The van der Waals surface area contributed by atoms with Gasteiger partial charge in [0, 0.05) is 20.2 Å². The van der Waals surface area contributed by atoms with Gasteiger partial charge in [0.15, 0.2) is 0 Å². The Labute approximate surface area is 336 Å². The Morgan fingerprint density at radius 2 is 0.839 bits per heavy atom. The number of aromatic nitrogens is 3. The van der Waals surface area contributed by atoms with Crippen LogP contribution in [0, 0.1) is 11.0 Å². The standard InChI is InChI=1S/C51H32IN3S/c1-3-13-34(14-4-1)40-21-12-22-43-44-32-39(29-30-47(44)56-48(40)43)38-18-11-17-37(31-38)33-25-27-36(28-26-33)50-53-49(35-15-5-2-6-16-35)54-51(55-50)52-45-23-9-7-19-41(45)42-20-8-10-24-46(42)52/h1-32H. The third-order valence-corrected chi connectivity index (χ3v) is 17.4. The molecular formula is C51H32IN3S. The first kappa shape index (κ1) is 33.1. The summed E-state index contributed by atoms with van der Waals surface area (Å²) in [6.07, 6.45) is 0. The molecule has 0 bridgehead atoms. The van der Waals surface area contributed by atoms with Gasteiger partial charge >= 0.3 is 241 Å². The molecule has 0 saturated heterocycles. The molecular weight excluding hydrogens is 814 g/mol. The van der Waals surface area contributed by atoms with Crippen molar-refractivity contribution < 1.29 is 0 Å². The van der Waals surface area contributed by atoms with Crippen molar-refractivity contribution in [1.29, 1.82) is 0 Å². The maximum absolute atomic E-state index is 5.28. The summed E-state index contributed by atoms with van der Waals surface area (Å²) in [5.41, 5.74) is 11.9. The van der Waals surface area contributed by atoms with Crippen molar-refractivity contribution in [2.24, 2.45) is 0 Å². The SMILES string of the molecule is c1ccc(-c2nc(-c3ccc(-c4cccc(-c5ccc6sc7c(-c8ccccc8)cccc7c6c5)c4)cc3)nc(I3c4ccccc4-c4ccccc43)n2)cc1. The van der Waals surface area contributed by atoms with Gasteiger partial charge < -0.3 is 0 Å². The summed E-state index contributed by atoms with van der Waals surface area (Å²) in [6, 6.07) is 69.7. The first-order valence-electron chi connectivity index (χ1n) is 18.7. The zero-order valence-electron chi connectivity index (χ0n) is 30.1. The molecule has 8 aromatic carbocycles. The van der Waals surface area contributed by atoms with E-state index in [1.165, 1.54) is 66.3 Å². The van der Waals surface area contributed by atoms with Crippen LogP contribution < -0.4 is 0 Å². The van der Waals surface area contributed by atoms with Crippen LogP contribution in [-0.4, -0.2) is 15.0 Å². The van der Waals surface area contributed by atoms with Gasteiger partial charge in [-0.25, -0.2) is 0 Å². The third kappa shape index (κ3) is 5.74. The molecule has 0 aliphatic carbocycles. The molecule has 2 aromatic heterocycles. The number of fused-ring (bicyclic) bond motifs is 6. The predicted octanol–water partition coefficient (Wildman–Crippen LogP) is 14.0. The summed E-state index contributed by atoms with van der Waals surface area (Å²) in [4.78, 5) is 15.6. The normalized spacial score (nSPS) is 12.5. The van der Waals surface area contributed by atoms with Crippen LogP contribution in [0.3, 0.4) is 0 Å². The van der Waals surface area contributed by atoms with Crippen LogP contribution in [0.5, 0.6) is 0 Å². The summed E-state index contributed by atoms with van der Waals surface area (Å²) >= 11 is -0.299. The molecule has 0 amide bonds. The van der Waals surface area contributed by atoms with E-state index in [-0.39, 0.29) is 0 Å². The van der Waals surface area contributed by atoms with Crippen LogP contribution in [-0.2, 0) is 0 Å². The van der Waals surface area contributed by atoms with Crippen molar-refractivity contribution in [3.63, 3.8) is 0 Å². The second kappa shape index (κ2) is 13.8. The number of rotatable bonds is 6. The molecule has 5 heteroatoms. The molecule has 0 unspecified atom stereocenters. The Bertz CT molecular complexity index is 3040. The average molecular weight is 846 g/mol. The quantitative estimate of drug-likeness (QED) is 0.157. The fraction of sp³-hybridized carbons (Fsp3) is 0. The molecule has 1 aliphatic heterocycles. The van der Waals surface area contributed by atoms with Gasteiger partial charge in [-0.15, -0.1) is 11.3 Å². The van der Waals surface area contributed by atoms with E-state index in [2.05, 4.69) is 176 Å². The first-order chi connectivity index (χ1) is 27.7. The molecule has 0 atom stereocenters. The fourth-order valence-corrected chi connectivity index (χ4v) is 14.8. The van der Waals surface area contributed by atoms with Gasteiger partial charge in [-0.2, -0.15) is 0 Å². The van der Waals surface area contributed by atoms with Gasteiger partial charge in [-0.3, -0.25) is 0 Å². The molecule has 0 saturated carbocycles. The van der Waals surface area contributed by atoms with Crippen molar-refractivity contribution in [3.8, 4) is 67.3 Å². The van der Waals surface area contributed by atoms with Gasteiger partial charge in [-0.1, -0.05) is 48.5 Å². The summed E-state index contributed by atoms with van der Waals surface area (Å²) in [7, 11) is 0. The second-order valence-electron chi connectivity index (χ2n) is 13.9. The molecule has 56 heavy (non-hydrogen) atoms. The number of halogens is 1. The number of nitrogens with zero attached hydrogens (tertiary/aromatic N) is 3. The van der Waals surface area contributed by atoms with E-state index in [0.717, 1.165) is 20.5 Å². The van der Waals surface area contributed by atoms with Gasteiger partial charge in [0.2, 0.25) is 0 Å². The molecule has 3 heterocycles. The van der Waals surface area contributed by atoms with Gasteiger partial charge in [-0.05, 0) is 17.2 Å². The van der Waals surface area contributed by atoms with Crippen LogP contribution in [0.1, 0.15) is 0 Å². The van der Waals surface area contributed by atoms with Crippen LogP contribution >= 0.6 is 31.2 Å². The van der Waals surface area contributed by atoms with Crippen molar-refractivity contribution >= 4 is 51.3 Å². The molecule has 264 valence electrons. The van der Waals surface area contributed by atoms with Crippen molar-refractivity contribution in [2.45, 2.75) is 0 Å². The molecule has 0 fully saturated rings. The van der Waals surface area contributed by atoms with E-state index < -0.39 is 19.8 Å². The molecule has 0 spiro atoms. The number of hydrogen-bond donors (Lipinski definition) is 0. The zero-order valence-corrected chi connectivity index (χ0v) is 33.1. The van der Waals surface area contributed by atoms with Crippen LogP contribution in [0.15, 0.2) is 194 Å². The average Bonchev–Trinajstić information content (AvgIpc) is 3.83. The zero-order chi connectivity index (χ0) is 37.0. The number of benzene rings is 8. The second-order valence-corrected chi connectivity index (χ2v) is 19.8. The van der Waals surface area contributed by atoms with Gasteiger partial charge in [0.05, 0.1) is 0 Å². The molecule has 11 rings (SSSR count). The minimum atomic E-state index is -2.18. The molecule has 10 aromatic rings. The van der Waals surface area contributed by atoms with Crippen LogP contribution in [0.25, 0.3) is 87.5 Å². The van der Waals surface area contributed by atoms with E-state index in [1.807, 2.05) is 29.5 Å². The van der Waals surface area contributed by atoms with Crippen molar-refractivity contribution in [3.05, 3.63) is 205 Å². The van der Waals surface area contributed by atoms with E-state index in [4.69, 9.17) is 15.0 Å². The third-order valence-electron chi connectivity index (χ3n) is 10.5. The predicted molar refractivity (Wildman–Crippen MR) is 242 cm³/mol. The maximum atomic E-state index is 5.28. The molecule has 0 N–H and O–H groups in total. The monoisotopic (exact) mass is 845 g/mol. The Kier molecular flexibility index (Phi) is 8.14. The van der Waals surface area contributed by atoms with Crippen molar-refractivity contribution in [1.82, 2.24) is 15.0 Å². The minimum absolute atomic E-state index is 0.708.